The number of halogens is 1. The van der Waals surface area contributed by atoms with Crippen LogP contribution >= 0.6 is 34.7 Å². The van der Waals surface area contributed by atoms with Gasteiger partial charge in [0.15, 0.2) is 14.2 Å². The molecule has 2 aromatic carbocycles. The summed E-state index contributed by atoms with van der Waals surface area (Å²) in [7, 11) is -3.52. The summed E-state index contributed by atoms with van der Waals surface area (Å²) in [6.07, 6.45) is 1.01. The second-order valence-electron chi connectivity index (χ2n) is 4.85. The predicted octanol–water partition coefficient (Wildman–Crippen LogP) is 4.41. The molecule has 0 aliphatic carbocycles. The molecule has 3 rings (SSSR count). The third-order valence-electron chi connectivity index (χ3n) is 3.08. The van der Waals surface area contributed by atoms with Gasteiger partial charge in [-0.1, -0.05) is 23.4 Å². The van der Waals surface area contributed by atoms with Crippen molar-refractivity contribution in [3.63, 3.8) is 0 Å². The molecule has 0 unspecified atom stereocenters. The number of thiazole rings is 1. The molecule has 0 amide bonds. The molecule has 10 heteroatoms. The minimum absolute atomic E-state index is 0.0883. The van der Waals surface area contributed by atoms with Crippen molar-refractivity contribution in [3.8, 4) is 0 Å². The SMILES string of the molecule is CS(=O)(=O)c1ccc(Sc2nc3cc(Cl)ccc3s2)c([N+](=O)[O-])c1. The summed E-state index contributed by atoms with van der Waals surface area (Å²) in [5.41, 5.74) is 0.450. The van der Waals surface area contributed by atoms with Crippen molar-refractivity contribution in [2.75, 3.05) is 6.26 Å². The molecule has 0 aliphatic rings. The zero-order valence-electron chi connectivity index (χ0n) is 12.1. The van der Waals surface area contributed by atoms with Crippen LogP contribution in [-0.4, -0.2) is 24.6 Å². The molecule has 0 radical (unpaired) electrons. The van der Waals surface area contributed by atoms with Gasteiger partial charge in [0.05, 0.1) is 24.9 Å². The van der Waals surface area contributed by atoms with E-state index in [1.54, 1.807) is 12.1 Å². The molecule has 124 valence electrons. The van der Waals surface area contributed by atoms with Crippen LogP contribution in [0.3, 0.4) is 0 Å². The normalized spacial score (nSPS) is 11.8. The molecule has 0 fully saturated rings. The van der Waals surface area contributed by atoms with E-state index >= 15 is 0 Å². The van der Waals surface area contributed by atoms with E-state index in [0.29, 0.717) is 19.8 Å². The van der Waals surface area contributed by atoms with Gasteiger partial charge in [-0.3, -0.25) is 10.1 Å². The van der Waals surface area contributed by atoms with Gasteiger partial charge in [-0.25, -0.2) is 13.4 Å². The smallest absolute Gasteiger partial charge is 0.258 e. The summed E-state index contributed by atoms with van der Waals surface area (Å²) in [5, 5.41) is 11.8. The van der Waals surface area contributed by atoms with Gasteiger partial charge in [0.2, 0.25) is 0 Å². The fourth-order valence-electron chi connectivity index (χ4n) is 1.97. The highest BCUT2D eigenvalue weighted by atomic mass is 35.5. The first-order valence-corrected chi connectivity index (χ1v) is 10.4. The Morgan fingerprint density at radius 2 is 2.00 bits per heavy atom. The van der Waals surface area contributed by atoms with Crippen molar-refractivity contribution >= 4 is 60.4 Å². The van der Waals surface area contributed by atoms with E-state index in [-0.39, 0.29) is 10.6 Å². The van der Waals surface area contributed by atoms with Crippen molar-refractivity contribution < 1.29 is 13.3 Å². The van der Waals surface area contributed by atoms with Crippen molar-refractivity contribution in [2.45, 2.75) is 14.1 Å². The summed E-state index contributed by atoms with van der Waals surface area (Å²) in [4.78, 5) is 15.3. The Hall–Kier alpha value is -1.68. The molecule has 0 atom stereocenters. The third kappa shape index (κ3) is 3.54. The quantitative estimate of drug-likeness (QED) is 0.475. The maximum absolute atomic E-state index is 11.6. The zero-order chi connectivity index (χ0) is 17.5. The summed E-state index contributed by atoms with van der Waals surface area (Å²) in [6.45, 7) is 0. The van der Waals surface area contributed by atoms with E-state index in [1.165, 1.54) is 23.5 Å². The molecular weight excluding hydrogens is 392 g/mol. The van der Waals surface area contributed by atoms with E-state index in [4.69, 9.17) is 11.6 Å². The summed E-state index contributed by atoms with van der Waals surface area (Å²) < 4.78 is 24.7. The lowest BCUT2D eigenvalue weighted by Gasteiger charge is -2.03. The number of benzene rings is 2. The van der Waals surface area contributed by atoms with Crippen LogP contribution in [0.5, 0.6) is 0 Å². The molecule has 6 nitrogen and oxygen atoms in total. The van der Waals surface area contributed by atoms with Crippen LogP contribution in [0, 0.1) is 10.1 Å². The third-order valence-corrected chi connectivity index (χ3v) is 6.59. The number of hydrogen-bond acceptors (Lipinski definition) is 7. The monoisotopic (exact) mass is 400 g/mol. The number of nitrogens with zero attached hydrogens (tertiary/aromatic N) is 2. The molecular formula is C14H9ClN2O4S3. The Labute approximate surface area is 150 Å². The first kappa shape index (κ1) is 17.2. The second-order valence-corrected chi connectivity index (χ2v) is 9.62. The predicted molar refractivity (Wildman–Crippen MR) is 95.0 cm³/mol. The van der Waals surface area contributed by atoms with Crippen LogP contribution in [0.1, 0.15) is 0 Å². The Morgan fingerprint density at radius 1 is 1.25 bits per heavy atom. The van der Waals surface area contributed by atoms with Gasteiger partial charge in [0.1, 0.15) is 0 Å². The van der Waals surface area contributed by atoms with Crippen LogP contribution in [0.4, 0.5) is 5.69 Å². The number of fused-ring (bicyclic) bond motifs is 1. The molecule has 3 aromatic rings. The molecule has 1 aromatic heterocycles. The van der Waals surface area contributed by atoms with Crippen LogP contribution in [0.25, 0.3) is 10.2 Å². The number of hydrogen-bond donors (Lipinski definition) is 0. The van der Waals surface area contributed by atoms with Gasteiger partial charge in [0.25, 0.3) is 5.69 Å². The lowest BCUT2D eigenvalue weighted by atomic mass is 10.3. The van der Waals surface area contributed by atoms with E-state index in [1.807, 2.05) is 6.07 Å². The van der Waals surface area contributed by atoms with Gasteiger partial charge < -0.3 is 0 Å². The van der Waals surface area contributed by atoms with Gasteiger partial charge >= 0.3 is 0 Å². The summed E-state index contributed by atoms with van der Waals surface area (Å²) in [6, 6.07) is 9.16. The molecule has 0 saturated heterocycles. The number of aromatic nitrogens is 1. The molecule has 0 aliphatic heterocycles. The number of nitro benzene ring substituents is 1. The minimum Gasteiger partial charge on any atom is -0.258 e. The summed E-state index contributed by atoms with van der Waals surface area (Å²) in [5.74, 6) is 0. The lowest BCUT2D eigenvalue weighted by Crippen LogP contribution is -1.99. The standard InChI is InChI=1S/C14H9ClN2O4S3/c1-24(20,21)9-3-5-13(11(7-9)17(18)19)23-14-16-10-6-8(15)2-4-12(10)22-14/h2-7H,1H3. The Kier molecular flexibility index (Phi) is 4.52. The second kappa shape index (κ2) is 6.32. The summed E-state index contributed by atoms with van der Waals surface area (Å²) >= 11 is 8.43. The Bertz CT molecular complexity index is 1060. The highest BCUT2D eigenvalue weighted by Gasteiger charge is 2.20. The minimum atomic E-state index is -3.52. The molecule has 0 spiro atoms. The van der Waals surface area contributed by atoms with E-state index in [9.17, 15) is 18.5 Å². The molecule has 0 saturated carbocycles. The molecule has 24 heavy (non-hydrogen) atoms. The highest BCUT2D eigenvalue weighted by molar-refractivity contribution is 8.01. The van der Waals surface area contributed by atoms with Gasteiger partial charge in [-0.2, -0.15) is 0 Å². The lowest BCUT2D eigenvalue weighted by molar-refractivity contribution is -0.388. The highest BCUT2D eigenvalue weighted by Crippen LogP contribution is 2.39. The van der Waals surface area contributed by atoms with E-state index in [2.05, 4.69) is 4.98 Å². The van der Waals surface area contributed by atoms with Crippen LogP contribution in [0.2, 0.25) is 5.02 Å². The Morgan fingerprint density at radius 3 is 2.67 bits per heavy atom. The van der Waals surface area contributed by atoms with Crippen molar-refractivity contribution in [3.05, 3.63) is 51.5 Å². The van der Waals surface area contributed by atoms with Gasteiger partial charge in [0, 0.05) is 17.3 Å². The van der Waals surface area contributed by atoms with Crippen molar-refractivity contribution in [1.82, 2.24) is 4.98 Å². The topological polar surface area (TPSA) is 90.2 Å². The van der Waals surface area contributed by atoms with Gasteiger partial charge in [-0.05, 0) is 30.3 Å². The van der Waals surface area contributed by atoms with Crippen LogP contribution in [-0.2, 0) is 9.84 Å². The number of nitro groups is 1. The first-order valence-electron chi connectivity index (χ1n) is 6.46. The first-order chi connectivity index (χ1) is 11.2. The van der Waals surface area contributed by atoms with E-state index < -0.39 is 14.8 Å². The van der Waals surface area contributed by atoms with Gasteiger partial charge in [-0.15, -0.1) is 11.3 Å². The zero-order valence-corrected chi connectivity index (χ0v) is 15.3. The van der Waals surface area contributed by atoms with Crippen molar-refractivity contribution in [1.29, 1.82) is 0 Å². The molecule has 0 bridgehead atoms. The average Bonchev–Trinajstić information content (AvgIpc) is 2.87. The Balaban J connectivity index is 2.03. The van der Waals surface area contributed by atoms with Crippen LogP contribution < -0.4 is 0 Å². The van der Waals surface area contributed by atoms with Crippen molar-refractivity contribution in [2.24, 2.45) is 0 Å². The maximum Gasteiger partial charge on any atom is 0.284 e. The maximum atomic E-state index is 11.6. The fourth-order valence-corrected chi connectivity index (χ4v) is 4.87. The largest absolute Gasteiger partial charge is 0.284 e. The van der Waals surface area contributed by atoms with Crippen LogP contribution in [0.15, 0.2) is 50.5 Å². The van der Waals surface area contributed by atoms with E-state index in [0.717, 1.165) is 28.8 Å². The average molecular weight is 401 g/mol. The molecule has 1 heterocycles. The molecule has 0 N–H and O–H groups in total. The fraction of sp³-hybridized carbons (Fsp3) is 0.0714. The number of sulfone groups is 1. The number of rotatable bonds is 4.